The fourth-order valence-corrected chi connectivity index (χ4v) is 2.20. The van der Waals surface area contributed by atoms with E-state index in [0.717, 1.165) is 5.59 Å². The predicted molar refractivity (Wildman–Crippen MR) is 76.0 cm³/mol. The van der Waals surface area contributed by atoms with Gasteiger partial charge in [-0.05, 0) is 5.59 Å². The van der Waals surface area contributed by atoms with Crippen molar-refractivity contribution in [2.24, 2.45) is 0 Å². The molecule has 1 aromatic rings. The van der Waals surface area contributed by atoms with Crippen LogP contribution in [-0.2, 0) is 0 Å². The number of hydrogen-bond acceptors (Lipinski definition) is 1. The monoisotopic (exact) mass is 233 g/mol. The van der Waals surface area contributed by atoms with Crippen molar-refractivity contribution in [2.45, 2.75) is 71.0 Å². The highest BCUT2D eigenvalue weighted by atomic mass is 14.8. The van der Waals surface area contributed by atoms with E-state index in [1.165, 1.54) is 44.9 Å². The molecule has 17 heavy (non-hydrogen) atoms. The number of aromatic amines is 1. The first-order chi connectivity index (χ1) is 8.20. The molecule has 0 saturated heterocycles. The Bertz CT molecular complexity index is 284. The van der Waals surface area contributed by atoms with Crippen molar-refractivity contribution >= 4 is 12.9 Å². The molecule has 0 spiro atoms. The van der Waals surface area contributed by atoms with E-state index in [9.17, 15) is 0 Å². The van der Waals surface area contributed by atoms with E-state index in [0.29, 0.717) is 5.31 Å². The third-order valence-electron chi connectivity index (χ3n) is 3.68. The normalized spacial score (nSPS) is 14.5. The van der Waals surface area contributed by atoms with Crippen LogP contribution in [0.4, 0.5) is 0 Å². The molecular formula is C14H26BN2. The van der Waals surface area contributed by atoms with Crippen LogP contribution in [0, 0.1) is 0 Å². The van der Waals surface area contributed by atoms with E-state index >= 15 is 0 Å². The molecule has 95 valence electrons. The molecule has 0 aliphatic carbocycles. The van der Waals surface area contributed by atoms with Gasteiger partial charge in [-0.25, -0.2) is 4.98 Å². The highest BCUT2D eigenvalue weighted by Gasteiger charge is 2.24. The number of H-pyrrole nitrogens is 1. The molecule has 0 bridgehead atoms. The molecule has 1 unspecified atom stereocenters. The zero-order chi connectivity index (χ0) is 12.6. The number of nitrogens with one attached hydrogen (secondary N) is 1. The van der Waals surface area contributed by atoms with Gasteiger partial charge in [-0.15, -0.1) is 0 Å². The van der Waals surface area contributed by atoms with Gasteiger partial charge in [0.1, 0.15) is 0 Å². The maximum atomic E-state index is 4.07. The summed E-state index contributed by atoms with van der Waals surface area (Å²) in [5.74, 6) is 0. The summed E-state index contributed by atoms with van der Waals surface area (Å²) >= 11 is 0. The van der Waals surface area contributed by atoms with Gasteiger partial charge in [-0.1, -0.05) is 71.0 Å². The van der Waals surface area contributed by atoms with Gasteiger partial charge in [0, 0.05) is 6.20 Å². The van der Waals surface area contributed by atoms with E-state index < -0.39 is 0 Å². The first-order valence-electron chi connectivity index (χ1n) is 7.04. The molecular weight excluding hydrogens is 207 g/mol. The van der Waals surface area contributed by atoms with E-state index in [4.69, 9.17) is 0 Å². The lowest BCUT2D eigenvalue weighted by atomic mass is 9.48. The van der Waals surface area contributed by atoms with Gasteiger partial charge in [0.15, 0.2) is 7.28 Å². The van der Waals surface area contributed by atoms with Gasteiger partial charge < -0.3 is 4.98 Å². The van der Waals surface area contributed by atoms with Crippen molar-refractivity contribution in [1.82, 2.24) is 9.97 Å². The van der Waals surface area contributed by atoms with Gasteiger partial charge in [-0.3, -0.25) is 0 Å². The van der Waals surface area contributed by atoms with Crippen LogP contribution in [0.25, 0.3) is 0 Å². The molecule has 0 aliphatic heterocycles. The van der Waals surface area contributed by atoms with Crippen LogP contribution < -0.4 is 5.59 Å². The van der Waals surface area contributed by atoms with Crippen LogP contribution in [-0.4, -0.2) is 17.2 Å². The Morgan fingerprint density at radius 3 is 2.59 bits per heavy atom. The molecule has 0 aromatic carbocycles. The van der Waals surface area contributed by atoms with E-state index in [1.54, 1.807) is 6.33 Å². The molecule has 2 nitrogen and oxygen atoms in total. The topological polar surface area (TPSA) is 28.7 Å². The van der Waals surface area contributed by atoms with Crippen LogP contribution in [0.15, 0.2) is 12.5 Å². The summed E-state index contributed by atoms with van der Waals surface area (Å²) in [5, 5.41) is 0.318. The summed E-state index contributed by atoms with van der Waals surface area (Å²) in [6.45, 7) is 6.90. The fraction of sp³-hybridized carbons (Fsp3) is 0.786. The lowest BCUT2D eigenvalue weighted by Crippen LogP contribution is -2.28. The molecule has 0 fully saturated rings. The van der Waals surface area contributed by atoms with Crippen molar-refractivity contribution in [3.8, 4) is 0 Å². The summed E-state index contributed by atoms with van der Waals surface area (Å²) in [4.78, 5) is 7.25. The van der Waals surface area contributed by atoms with Gasteiger partial charge in [0.05, 0.1) is 6.33 Å². The van der Waals surface area contributed by atoms with Crippen molar-refractivity contribution in [1.29, 1.82) is 0 Å². The number of aromatic nitrogens is 2. The zero-order valence-corrected chi connectivity index (χ0v) is 11.6. The summed E-state index contributed by atoms with van der Waals surface area (Å²) in [6, 6.07) is 0. The zero-order valence-electron chi connectivity index (χ0n) is 11.6. The summed E-state index contributed by atoms with van der Waals surface area (Å²) < 4.78 is 0. The molecule has 1 radical (unpaired) electrons. The second kappa shape index (κ2) is 7.57. The second-order valence-corrected chi connectivity index (χ2v) is 5.32. The minimum absolute atomic E-state index is 0.318. The van der Waals surface area contributed by atoms with Crippen LogP contribution in [0.5, 0.6) is 0 Å². The first-order valence-corrected chi connectivity index (χ1v) is 7.04. The van der Waals surface area contributed by atoms with E-state index in [1.807, 2.05) is 6.20 Å². The number of imidazole rings is 1. The van der Waals surface area contributed by atoms with Crippen LogP contribution >= 0.6 is 0 Å². The van der Waals surface area contributed by atoms with Crippen molar-refractivity contribution in [3.05, 3.63) is 12.5 Å². The Balaban J connectivity index is 2.30. The van der Waals surface area contributed by atoms with Gasteiger partial charge >= 0.3 is 0 Å². The van der Waals surface area contributed by atoms with Crippen LogP contribution in [0.1, 0.15) is 65.7 Å². The van der Waals surface area contributed by atoms with Gasteiger partial charge in [0.2, 0.25) is 0 Å². The molecule has 1 atom stereocenters. The largest absolute Gasteiger partial charge is 0.357 e. The Morgan fingerprint density at radius 1 is 1.24 bits per heavy atom. The molecule has 1 N–H and O–H groups in total. The second-order valence-electron chi connectivity index (χ2n) is 5.32. The summed E-state index contributed by atoms with van der Waals surface area (Å²) in [6.07, 6.45) is 13.0. The lowest BCUT2D eigenvalue weighted by Gasteiger charge is -2.26. The average Bonchev–Trinajstić information content (AvgIpc) is 2.81. The highest BCUT2D eigenvalue weighted by molar-refractivity contribution is 6.55. The van der Waals surface area contributed by atoms with E-state index in [2.05, 4.69) is 38.0 Å². The quantitative estimate of drug-likeness (QED) is 0.511. The van der Waals surface area contributed by atoms with Crippen molar-refractivity contribution < 1.29 is 0 Å². The fourth-order valence-electron chi connectivity index (χ4n) is 2.20. The minimum atomic E-state index is 0.318. The highest BCUT2D eigenvalue weighted by Crippen LogP contribution is 2.34. The standard InChI is InChI=1S/C14H26BN2/c1-4-6-7-8-9-10-14(3,5-2)15-13-11-16-12-17-13/h11-12H,4-10H2,1-3H3,(H,16,17). The molecule has 0 saturated carbocycles. The SMILES string of the molecule is CCCCCCCC(C)([B]c1cnc[nH]1)CC. The van der Waals surface area contributed by atoms with Crippen LogP contribution in [0.2, 0.25) is 5.31 Å². The molecule has 0 aliphatic rings. The number of unbranched alkanes of at least 4 members (excludes halogenated alkanes) is 4. The molecule has 1 rings (SSSR count). The third kappa shape index (κ3) is 5.43. The number of nitrogens with zero attached hydrogens (tertiary/aromatic N) is 1. The van der Waals surface area contributed by atoms with Gasteiger partial charge in [-0.2, -0.15) is 0 Å². The average molecular weight is 233 g/mol. The maximum Gasteiger partial charge on any atom is 0.183 e. The van der Waals surface area contributed by atoms with Crippen molar-refractivity contribution in [2.75, 3.05) is 0 Å². The van der Waals surface area contributed by atoms with Crippen LogP contribution in [0.3, 0.4) is 0 Å². The molecule has 1 aromatic heterocycles. The van der Waals surface area contributed by atoms with Gasteiger partial charge in [0.25, 0.3) is 0 Å². The summed E-state index contributed by atoms with van der Waals surface area (Å²) in [7, 11) is 2.35. The van der Waals surface area contributed by atoms with Crippen molar-refractivity contribution in [3.63, 3.8) is 0 Å². The smallest absolute Gasteiger partial charge is 0.183 e. The predicted octanol–water partition coefficient (Wildman–Crippen LogP) is 3.69. The number of rotatable bonds is 9. The molecule has 0 amide bonds. The molecule has 3 heteroatoms. The Kier molecular flexibility index (Phi) is 6.39. The number of hydrogen-bond donors (Lipinski definition) is 1. The Morgan fingerprint density at radius 2 is 2.00 bits per heavy atom. The maximum absolute atomic E-state index is 4.07. The van der Waals surface area contributed by atoms with E-state index in [-0.39, 0.29) is 0 Å². The minimum Gasteiger partial charge on any atom is -0.357 e. The lowest BCUT2D eigenvalue weighted by molar-refractivity contribution is 0.490. The molecule has 1 heterocycles. The Labute approximate surface area is 107 Å². The summed E-state index contributed by atoms with van der Waals surface area (Å²) in [5.41, 5.74) is 1.16. The third-order valence-corrected chi connectivity index (χ3v) is 3.68. The Hall–Kier alpha value is -0.725. The first kappa shape index (κ1) is 14.3.